The Balaban J connectivity index is 1.43. The van der Waals surface area contributed by atoms with Crippen LogP contribution in [0, 0.1) is 0 Å². The summed E-state index contributed by atoms with van der Waals surface area (Å²) < 4.78 is 36.3. The minimum atomic E-state index is -3.30. The number of pyridine rings is 1. The van der Waals surface area contributed by atoms with Crippen LogP contribution in [0.15, 0.2) is 17.6 Å². The highest BCUT2D eigenvalue weighted by molar-refractivity contribution is 7.89. The third-order valence-electron chi connectivity index (χ3n) is 8.11. The number of sulfone groups is 1. The summed E-state index contributed by atoms with van der Waals surface area (Å²) in [5, 5.41) is 2.16. The molecule has 0 radical (unpaired) electrons. The van der Waals surface area contributed by atoms with E-state index in [4.69, 9.17) is 19.4 Å². The molecule has 240 valence electrons. The van der Waals surface area contributed by atoms with Crippen LogP contribution in [0.3, 0.4) is 0 Å². The number of aromatic nitrogens is 3. The number of fused-ring (bicyclic) bond motifs is 1. The Hall–Kier alpha value is -3.03. The molecule has 13 heteroatoms. The summed E-state index contributed by atoms with van der Waals surface area (Å²) in [6.07, 6.45) is 7.78. The molecule has 0 unspecified atom stereocenters. The largest absolute Gasteiger partial charge is 0.481 e. The van der Waals surface area contributed by atoms with Gasteiger partial charge >= 0.3 is 6.09 Å². The first-order valence-corrected chi connectivity index (χ1v) is 18.2. The fourth-order valence-electron chi connectivity index (χ4n) is 5.88. The summed E-state index contributed by atoms with van der Waals surface area (Å²) in [6.45, 7) is 9.95. The number of amides is 1. The van der Waals surface area contributed by atoms with Crippen LogP contribution < -0.4 is 9.64 Å². The van der Waals surface area contributed by atoms with Gasteiger partial charge in [-0.25, -0.2) is 28.2 Å². The lowest BCUT2D eigenvalue weighted by molar-refractivity contribution is 0.0149. The van der Waals surface area contributed by atoms with Crippen LogP contribution in [0.2, 0.25) is 0 Å². The Kier molecular flexibility index (Phi) is 9.66. The minimum absolute atomic E-state index is 0.142. The summed E-state index contributed by atoms with van der Waals surface area (Å²) in [6, 6.07) is 1.98. The van der Waals surface area contributed by atoms with E-state index in [0.717, 1.165) is 85.4 Å². The van der Waals surface area contributed by atoms with Gasteiger partial charge in [-0.15, -0.1) is 11.3 Å². The van der Waals surface area contributed by atoms with Gasteiger partial charge in [0.25, 0.3) is 0 Å². The molecule has 3 aromatic heterocycles. The molecule has 2 saturated heterocycles. The minimum Gasteiger partial charge on any atom is -0.481 e. The number of methoxy groups -OCH3 is 1. The first-order chi connectivity index (χ1) is 20.8. The highest BCUT2D eigenvalue weighted by Gasteiger charge is 2.29. The number of ether oxygens (including phenoxy) is 2. The van der Waals surface area contributed by atoms with E-state index < -0.39 is 15.4 Å². The molecule has 2 aliphatic rings. The van der Waals surface area contributed by atoms with E-state index in [1.807, 2.05) is 33.9 Å². The summed E-state index contributed by atoms with van der Waals surface area (Å²) in [7, 11) is 0.0213. The molecule has 0 spiro atoms. The molecule has 3 aromatic rings. The van der Waals surface area contributed by atoms with Gasteiger partial charge in [-0.05, 0) is 64.3 Å². The zero-order valence-corrected chi connectivity index (χ0v) is 28.3. The Morgan fingerprint density at radius 1 is 1.09 bits per heavy atom. The molecule has 0 N–H and O–H groups in total. The maximum absolute atomic E-state index is 12.6. The van der Waals surface area contributed by atoms with Crippen LogP contribution in [0.5, 0.6) is 5.88 Å². The quantitative estimate of drug-likeness (QED) is 0.327. The van der Waals surface area contributed by atoms with Crippen LogP contribution in [-0.2, 0) is 26.9 Å². The SMILES string of the molecule is COc1ncc(-c2nc(N3CCCCC3)nc3c(CN4CCC(N(C)C(=O)OC(C)(C)C)CC4)csc23)cc1CS(C)(=O)=O. The molecule has 5 rings (SSSR count). The van der Waals surface area contributed by atoms with Gasteiger partial charge in [0.2, 0.25) is 11.8 Å². The average Bonchev–Trinajstić information content (AvgIpc) is 3.38. The first-order valence-electron chi connectivity index (χ1n) is 15.2. The Morgan fingerprint density at radius 3 is 2.43 bits per heavy atom. The number of hydrogen-bond acceptors (Lipinski definition) is 11. The Labute approximate surface area is 264 Å². The van der Waals surface area contributed by atoms with Crippen molar-refractivity contribution in [1.82, 2.24) is 24.8 Å². The smallest absolute Gasteiger partial charge is 0.410 e. The first kappa shape index (κ1) is 32.4. The van der Waals surface area contributed by atoms with Gasteiger partial charge in [-0.2, -0.15) is 0 Å². The molecular weight excluding hydrogens is 601 g/mol. The van der Waals surface area contributed by atoms with Gasteiger partial charge in [0.15, 0.2) is 9.84 Å². The second-order valence-corrected chi connectivity index (χ2v) is 15.9. The van der Waals surface area contributed by atoms with E-state index >= 15 is 0 Å². The molecule has 5 heterocycles. The second kappa shape index (κ2) is 13.1. The number of thiophene rings is 1. The standard InChI is InChI=1S/C31H44N6O5S2/c1-31(2,3)42-30(38)35(4)24-10-14-36(15-11-24)18-23-19-43-27-25(33-29(34-26(23)27)37-12-8-7-9-13-37)21-16-22(20-44(6,39)40)28(41-5)32-17-21/h16-17,19,24H,7-15,18,20H2,1-6H3. The van der Waals surface area contributed by atoms with Crippen LogP contribution in [0.25, 0.3) is 21.5 Å². The normalized spacial score (nSPS) is 17.2. The number of nitrogens with zero attached hydrogens (tertiary/aromatic N) is 6. The second-order valence-electron chi connectivity index (χ2n) is 12.9. The third-order valence-corrected chi connectivity index (χ3v) is 9.97. The molecule has 0 saturated carbocycles. The number of piperidine rings is 2. The van der Waals surface area contributed by atoms with E-state index in [1.54, 1.807) is 22.4 Å². The fraction of sp³-hybridized carbons (Fsp3) is 0.613. The molecule has 2 aliphatic heterocycles. The molecule has 0 aromatic carbocycles. The third kappa shape index (κ3) is 7.78. The van der Waals surface area contributed by atoms with Gasteiger partial charge in [0, 0.05) is 75.0 Å². The van der Waals surface area contributed by atoms with E-state index in [9.17, 15) is 13.2 Å². The van der Waals surface area contributed by atoms with E-state index in [0.29, 0.717) is 17.4 Å². The molecule has 0 atom stereocenters. The molecule has 0 bridgehead atoms. The van der Waals surface area contributed by atoms with Crippen molar-refractivity contribution in [3.8, 4) is 17.1 Å². The zero-order chi connectivity index (χ0) is 31.6. The molecule has 11 nitrogen and oxygen atoms in total. The van der Waals surface area contributed by atoms with Crippen LogP contribution in [-0.4, -0.2) is 97.5 Å². The van der Waals surface area contributed by atoms with Crippen LogP contribution in [0.4, 0.5) is 10.7 Å². The van der Waals surface area contributed by atoms with Crippen molar-refractivity contribution in [1.29, 1.82) is 0 Å². The number of rotatable bonds is 8. The van der Waals surface area contributed by atoms with Gasteiger partial charge in [0.1, 0.15) is 5.60 Å². The number of likely N-dealkylation sites (tertiary alicyclic amines) is 1. The number of carbonyl (C=O) groups is 1. The summed E-state index contributed by atoms with van der Waals surface area (Å²) in [5.41, 5.74) is 3.56. The zero-order valence-electron chi connectivity index (χ0n) is 26.6. The average molecular weight is 645 g/mol. The van der Waals surface area contributed by atoms with Gasteiger partial charge < -0.3 is 19.3 Å². The van der Waals surface area contributed by atoms with Crippen LogP contribution in [0.1, 0.15) is 64.0 Å². The van der Waals surface area contributed by atoms with E-state index in [-0.39, 0.29) is 17.9 Å². The summed E-state index contributed by atoms with van der Waals surface area (Å²) >= 11 is 1.61. The molecular formula is C31H44N6O5S2. The molecule has 44 heavy (non-hydrogen) atoms. The van der Waals surface area contributed by atoms with Crippen molar-refractivity contribution in [3.63, 3.8) is 0 Å². The number of hydrogen-bond donors (Lipinski definition) is 0. The highest BCUT2D eigenvalue weighted by Crippen LogP contribution is 2.37. The van der Waals surface area contributed by atoms with Gasteiger partial charge in [0.05, 0.1) is 28.8 Å². The predicted octanol–water partition coefficient (Wildman–Crippen LogP) is 5.13. The van der Waals surface area contributed by atoms with Crippen molar-refractivity contribution in [3.05, 3.63) is 28.8 Å². The van der Waals surface area contributed by atoms with Crippen molar-refractivity contribution < 1.29 is 22.7 Å². The van der Waals surface area contributed by atoms with Gasteiger partial charge in [-0.3, -0.25) is 4.90 Å². The lowest BCUT2D eigenvalue weighted by Crippen LogP contribution is -2.46. The lowest BCUT2D eigenvalue weighted by atomic mass is 10.0. The Morgan fingerprint density at radius 2 is 1.80 bits per heavy atom. The lowest BCUT2D eigenvalue weighted by Gasteiger charge is -2.37. The number of carbonyl (C=O) groups excluding carboxylic acids is 1. The molecule has 2 fully saturated rings. The van der Waals surface area contributed by atoms with Crippen molar-refractivity contribution in [2.75, 3.05) is 51.5 Å². The van der Waals surface area contributed by atoms with Crippen molar-refractivity contribution >= 4 is 43.4 Å². The Bertz CT molecular complexity index is 1590. The van der Waals surface area contributed by atoms with Crippen molar-refractivity contribution in [2.24, 2.45) is 0 Å². The monoisotopic (exact) mass is 644 g/mol. The van der Waals surface area contributed by atoms with Crippen LogP contribution >= 0.6 is 11.3 Å². The molecule has 0 aliphatic carbocycles. The summed E-state index contributed by atoms with van der Waals surface area (Å²) in [4.78, 5) is 33.6. The fourth-order valence-corrected chi connectivity index (χ4v) is 7.66. The van der Waals surface area contributed by atoms with E-state index in [2.05, 4.69) is 20.2 Å². The topological polar surface area (TPSA) is 118 Å². The predicted molar refractivity (Wildman–Crippen MR) is 174 cm³/mol. The van der Waals surface area contributed by atoms with Gasteiger partial charge in [-0.1, -0.05) is 0 Å². The van der Waals surface area contributed by atoms with Crippen molar-refractivity contribution in [2.45, 2.75) is 76.8 Å². The maximum Gasteiger partial charge on any atom is 0.410 e. The number of anilines is 1. The summed E-state index contributed by atoms with van der Waals surface area (Å²) in [5.74, 6) is 0.831. The maximum atomic E-state index is 12.6. The van der Waals surface area contributed by atoms with E-state index in [1.165, 1.54) is 19.8 Å². The highest BCUT2D eigenvalue weighted by atomic mass is 32.2. The molecule has 1 amide bonds.